The third-order valence-electron chi connectivity index (χ3n) is 8.23. The first-order valence-electron chi connectivity index (χ1n) is 14.7. The number of carbonyl (C=O) groups is 3. The highest BCUT2D eigenvalue weighted by molar-refractivity contribution is 5.91. The van der Waals surface area contributed by atoms with Crippen LogP contribution < -0.4 is 19.6 Å². The Morgan fingerprint density at radius 2 is 1.16 bits per heavy atom. The molecule has 0 spiro atoms. The van der Waals surface area contributed by atoms with Crippen molar-refractivity contribution in [3.63, 3.8) is 0 Å². The first kappa shape index (κ1) is 29.9. The number of amides is 3. The summed E-state index contributed by atoms with van der Waals surface area (Å²) in [6, 6.07) is 9.23. The van der Waals surface area contributed by atoms with E-state index >= 15 is 0 Å². The second-order valence-corrected chi connectivity index (χ2v) is 11.1. The van der Waals surface area contributed by atoms with Gasteiger partial charge in [-0.3, -0.25) is 14.6 Å². The van der Waals surface area contributed by atoms with E-state index in [-0.39, 0.29) is 32.1 Å². The summed E-state index contributed by atoms with van der Waals surface area (Å²) in [7, 11) is 0. The molecule has 4 fully saturated rings. The first-order chi connectivity index (χ1) is 21.3. The lowest BCUT2D eigenvalue weighted by atomic mass is 10.2. The smallest absolute Gasteiger partial charge is 0.414 e. The normalized spacial score (nSPS) is 22.3. The molecule has 4 saturated heterocycles. The molecule has 3 amide bonds. The second-order valence-electron chi connectivity index (χ2n) is 11.1. The number of morpholine rings is 2. The lowest BCUT2D eigenvalue weighted by Gasteiger charge is -2.29. The van der Waals surface area contributed by atoms with Crippen molar-refractivity contribution in [2.24, 2.45) is 0 Å². The lowest BCUT2D eigenvalue weighted by Crippen LogP contribution is -2.43. The minimum absolute atomic E-state index is 0.0584. The number of carbonyl (C=O) groups excluding carboxylic acids is 3. The topological polar surface area (TPSA) is 104 Å². The van der Waals surface area contributed by atoms with Gasteiger partial charge in [-0.2, -0.15) is 0 Å². The number of anilines is 4. The number of halogens is 2. The van der Waals surface area contributed by atoms with Crippen molar-refractivity contribution < 1.29 is 42.1 Å². The molecule has 0 aliphatic carbocycles. The minimum atomic E-state index is -0.677. The molecule has 0 N–H and O–H groups in total. The quantitative estimate of drug-likeness (QED) is 0.444. The minimum Gasteiger partial charge on any atom is -0.442 e. The van der Waals surface area contributed by atoms with E-state index < -0.39 is 36.0 Å². The van der Waals surface area contributed by atoms with E-state index in [9.17, 15) is 23.2 Å². The zero-order valence-corrected chi connectivity index (χ0v) is 24.5. The van der Waals surface area contributed by atoms with Gasteiger partial charge in [0, 0.05) is 33.1 Å². The Hall–Kier alpha value is -4.17. The molecule has 1 unspecified atom stereocenters. The van der Waals surface area contributed by atoms with Crippen LogP contribution in [0.25, 0.3) is 0 Å². The molecule has 2 atom stereocenters. The number of cyclic esters (lactones) is 2. The van der Waals surface area contributed by atoms with Crippen molar-refractivity contribution in [3.05, 3.63) is 48.0 Å². The van der Waals surface area contributed by atoms with Crippen LogP contribution in [0.15, 0.2) is 36.4 Å². The lowest BCUT2D eigenvalue weighted by molar-refractivity contribution is -0.131. The average molecular weight is 616 g/mol. The van der Waals surface area contributed by atoms with Crippen LogP contribution in [0.2, 0.25) is 0 Å². The molecular weight excluding hydrogens is 580 g/mol. The van der Waals surface area contributed by atoms with E-state index in [1.807, 2.05) is 9.80 Å². The standard InChI is InChI=1S/C30H35F2N5O7/c1-20(38)35(16-23-18-36(29(39)43-23)21-2-4-27(25(31)14-21)33-6-10-41-11-7-33)17-24-19-37(30(40)44-24)22-3-5-28(26(32)15-22)34-8-12-42-13-9-34/h2-5,14-15,23-24H,6-13,16-19H2,1H3/t23-,24?/m1/s1. The van der Waals surface area contributed by atoms with Crippen LogP contribution in [0.1, 0.15) is 6.92 Å². The Morgan fingerprint density at radius 1 is 0.750 bits per heavy atom. The third-order valence-corrected chi connectivity index (χ3v) is 8.23. The Morgan fingerprint density at radius 3 is 1.52 bits per heavy atom. The third kappa shape index (κ3) is 6.36. The van der Waals surface area contributed by atoms with Gasteiger partial charge in [-0.15, -0.1) is 0 Å². The highest BCUT2D eigenvalue weighted by Crippen LogP contribution is 2.30. The van der Waals surface area contributed by atoms with Crippen molar-refractivity contribution in [3.8, 4) is 0 Å². The Kier molecular flexibility index (Phi) is 8.71. The molecule has 2 aromatic rings. The summed E-state index contributed by atoms with van der Waals surface area (Å²) in [5, 5.41) is 0. The average Bonchev–Trinajstić information content (AvgIpc) is 3.58. The maximum atomic E-state index is 15.0. The van der Waals surface area contributed by atoms with Crippen molar-refractivity contribution in [2.75, 3.05) is 98.4 Å². The van der Waals surface area contributed by atoms with Gasteiger partial charge in [0.05, 0.1) is 75.4 Å². The van der Waals surface area contributed by atoms with Gasteiger partial charge in [0.1, 0.15) is 23.8 Å². The summed E-state index contributed by atoms with van der Waals surface area (Å²) in [4.78, 5) is 45.9. The van der Waals surface area contributed by atoms with Crippen molar-refractivity contribution in [1.29, 1.82) is 0 Å². The molecule has 0 aromatic heterocycles. The number of nitrogens with zero attached hydrogens (tertiary/aromatic N) is 5. The number of hydrogen-bond donors (Lipinski definition) is 0. The maximum Gasteiger partial charge on any atom is 0.414 e. The highest BCUT2D eigenvalue weighted by atomic mass is 19.1. The van der Waals surface area contributed by atoms with E-state index in [0.717, 1.165) is 0 Å². The zero-order chi connectivity index (χ0) is 30.8. The molecule has 0 saturated carbocycles. The van der Waals surface area contributed by atoms with E-state index in [4.69, 9.17) is 18.9 Å². The van der Waals surface area contributed by atoms with Gasteiger partial charge >= 0.3 is 12.2 Å². The molecule has 0 bridgehead atoms. The summed E-state index contributed by atoms with van der Waals surface area (Å²) in [5.41, 5.74) is 1.60. The van der Waals surface area contributed by atoms with Gasteiger partial charge in [0.15, 0.2) is 0 Å². The van der Waals surface area contributed by atoms with Crippen LogP contribution in [0.5, 0.6) is 0 Å². The van der Waals surface area contributed by atoms with Crippen molar-refractivity contribution in [2.45, 2.75) is 19.1 Å². The summed E-state index contributed by atoms with van der Waals surface area (Å²) < 4.78 is 51.7. The van der Waals surface area contributed by atoms with Crippen molar-refractivity contribution in [1.82, 2.24) is 4.90 Å². The molecule has 12 nitrogen and oxygen atoms in total. The molecule has 4 aliphatic heterocycles. The second kappa shape index (κ2) is 12.8. The fourth-order valence-corrected chi connectivity index (χ4v) is 5.93. The largest absolute Gasteiger partial charge is 0.442 e. The predicted octanol–water partition coefficient (Wildman–Crippen LogP) is 2.84. The van der Waals surface area contributed by atoms with Gasteiger partial charge in [-0.1, -0.05) is 0 Å². The molecule has 236 valence electrons. The monoisotopic (exact) mass is 615 g/mol. The molecule has 4 aliphatic rings. The van der Waals surface area contributed by atoms with Crippen LogP contribution in [-0.2, 0) is 23.7 Å². The van der Waals surface area contributed by atoms with Crippen LogP contribution in [0.3, 0.4) is 0 Å². The number of hydrogen-bond acceptors (Lipinski definition) is 9. The molecule has 0 radical (unpaired) electrons. The van der Waals surface area contributed by atoms with Gasteiger partial charge in [0.2, 0.25) is 5.91 Å². The van der Waals surface area contributed by atoms with E-state index in [0.29, 0.717) is 75.4 Å². The van der Waals surface area contributed by atoms with Crippen molar-refractivity contribution >= 4 is 40.8 Å². The zero-order valence-electron chi connectivity index (χ0n) is 24.5. The van der Waals surface area contributed by atoms with Crippen LogP contribution in [0.4, 0.5) is 41.1 Å². The van der Waals surface area contributed by atoms with Gasteiger partial charge in [0.25, 0.3) is 0 Å². The summed E-state index contributed by atoms with van der Waals surface area (Å²) in [6.07, 6.45) is -2.64. The number of ether oxygens (including phenoxy) is 4. The van der Waals surface area contributed by atoms with Crippen LogP contribution in [0, 0.1) is 11.6 Å². The van der Waals surface area contributed by atoms with Gasteiger partial charge < -0.3 is 33.6 Å². The fourth-order valence-electron chi connectivity index (χ4n) is 5.93. The molecular formula is C30H35F2N5O7. The van der Waals surface area contributed by atoms with Gasteiger partial charge in [-0.25, -0.2) is 18.4 Å². The van der Waals surface area contributed by atoms with E-state index in [1.165, 1.54) is 33.8 Å². The maximum absolute atomic E-state index is 15.0. The summed E-state index contributed by atoms with van der Waals surface area (Å²) >= 11 is 0. The Bertz CT molecular complexity index is 1300. The fraction of sp³-hybridized carbons (Fsp3) is 0.500. The molecule has 4 heterocycles. The number of benzene rings is 2. The molecule has 44 heavy (non-hydrogen) atoms. The molecule has 2 aromatic carbocycles. The highest BCUT2D eigenvalue weighted by Gasteiger charge is 2.38. The summed E-state index contributed by atoms with van der Waals surface area (Å²) in [5.74, 6) is -1.20. The first-order valence-corrected chi connectivity index (χ1v) is 14.7. The SMILES string of the molecule is CC(=O)N(CC1CN(c2ccc(N3CCOCC3)c(F)c2)C(=O)O1)C[C@@H]1CN(c2ccc(N3CCOCC3)c(F)c2)C(=O)O1. The van der Waals surface area contributed by atoms with Gasteiger partial charge in [-0.05, 0) is 36.4 Å². The summed E-state index contributed by atoms with van der Waals surface area (Å²) in [6.45, 7) is 6.13. The number of rotatable bonds is 8. The van der Waals surface area contributed by atoms with Crippen LogP contribution >= 0.6 is 0 Å². The Labute approximate surface area is 253 Å². The van der Waals surface area contributed by atoms with Crippen LogP contribution in [-0.4, -0.2) is 114 Å². The predicted molar refractivity (Wildman–Crippen MR) is 156 cm³/mol. The molecule has 14 heteroatoms. The molecule has 6 rings (SSSR count). The van der Waals surface area contributed by atoms with E-state index in [1.54, 1.807) is 24.3 Å². The Balaban J connectivity index is 1.06. The van der Waals surface area contributed by atoms with E-state index in [2.05, 4.69) is 0 Å².